The Kier molecular flexibility index (Phi) is 7.60. The van der Waals surface area contributed by atoms with E-state index in [9.17, 15) is 9.59 Å². The number of hydrogen-bond acceptors (Lipinski definition) is 6. The lowest BCUT2D eigenvalue weighted by Gasteiger charge is -2.31. The van der Waals surface area contributed by atoms with Crippen LogP contribution in [0.4, 0.5) is 5.69 Å². The summed E-state index contributed by atoms with van der Waals surface area (Å²) in [5.74, 6) is 1.89. The molecule has 3 aromatic rings. The van der Waals surface area contributed by atoms with Crippen molar-refractivity contribution < 1.29 is 23.8 Å². The van der Waals surface area contributed by atoms with Gasteiger partial charge in [0, 0.05) is 25.2 Å². The average molecular weight is 462 g/mol. The van der Waals surface area contributed by atoms with Gasteiger partial charge < -0.3 is 24.4 Å². The molecule has 1 aliphatic rings. The Hall–Kier alpha value is -4.07. The van der Waals surface area contributed by atoms with Crippen molar-refractivity contribution in [1.82, 2.24) is 9.88 Å². The van der Waals surface area contributed by atoms with E-state index in [0.717, 1.165) is 5.75 Å². The first-order valence-electron chi connectivity index (χ1n) is 11.2. The Bertz CT molecular complexity index is 1100. The van der Waals surface area contributed by atoms with E-state index in [1.165, 1.54) is 0 Å². The minimum Gasteiger partial charge on any atom is -0.497 e. The number of anilines is 1. The molecule has 176 valence electrons. The third-order valence-corrected chi connectivity index (χ3v) is 5.63. The standard InChI is InChI=1S/C26H27N3O5/c1-32-20-9-11-22(12-10-20)34-26-23(8-5-15-27-26)28-25(31)19-13-16-29(17-14-19)24(30)18-33-21-6-3-2-4-7-21/h2-12,15,19H,13-14,16-18H2,1H3,(H,28,31). The highest BCUT2D eigenvalue weighted by Crippen LogP contribution is 2.29. The van der Waals surface area contributed by atoms with Crippen LogP contribution in [0.2, 0.25) is 0 Å². The van der Waals surface area contributed by atoms with Crippen molar-refractivity contribution in [2.45, 2.75) is 12.8 Å². The van der Waals surface area contributed by atoms with E-state index in [-0.39, 0.29) is 24.3 Å². The Labute approximate surface area is 198 Å². The molecule has 2 aromatic carbocycles. The maximum atomic E-state index is 12.9. The topological polar surface area (TPSA) is 90.0 Å². The van der Waals surface area contributed by atoms with Gasteiger partial charge in [-0.2, -0.15) is 0 Å². The molecular weight excluding hydrogens is 434 g/mol. The lowest BCUT2D eigenvalue weighted by atomic mass is 9.96. The number of amides is 2. The molecule has 0 saturated carbocycles. The Morgan fingerprint density at radius 2 is 1.65 bits per heavy atom. The molecule has 1 saturated heterocycles. The van der Waals surface area contributed by atoms with Gasteiger partial charge in [0.15, 0.2) is 6.61 Å². The van der Waals surface area contributed by atoms with Crippen LogP contribution in [0.5, 0.6) is 23.1 Å². The molecule has 8 heteroatoms. The van der Waals surface area contributed by atoms with Crippen LogP contribution < -0.4 is 19.5 Å². The lowest BCUT2D eigenvalue weighted by molar-refractivity contribution is -0.136. The minimum atomic E-state index is -0.201. The zero-order chi connectivity index (χ0) is 23.8. The van der Waals surface area contributed by atoms with E-state index in [4.69, 9.17) is 14.2 Å². The quantitative estimate of drug-likeness (QED) is 0.542. The summed E-state index contributed by atoms with van der Waals surface area (Å²) in [6, 6.07) is 19.9. The number of para-hydroxylation sites is 1. The highest BCUT2D eigenvalue weighted by Gasteiger charge is 2.28. The van der Waals surface area contributed by atoms with Crippen molar-refractivity contribution in [3.63, 3.8) is 0 Å². The fourth-order valence-electron chi connectivity index (χ4n) is 3.70. The van der Waals surface area contributed by atoms with E-state index in [0.29, 0.717) is 49.0 Å². The van der Waals surface area contributed by atoms with Gasteiger partial charge in [0.05, 0.1) is 7.11 Å². The maximum absolute atomic E-state index is 12.9. The molecule has 2 heterocycles. The number of aromatic nitrogens is 1. The van der Waals surface area contributed by atoms with Crippen LogP contribution in [0, 0.1) is 5.92 Å². The number of nitrogens with one attached hydrogen (secondary N) is 1. The summed E-state index contributed by atoms with van der Waals surface area (Å²) in [6.07, 6.45) is 2.77. The third kappa shape index (κ3) is 6.04. The zero-order valence-corrected chi connectivity index (χ0v) is 19.0. The van der Waals surface area contributed by atoms with Crippen LogP contribution in [0.25, 0.3) is 0 Å². The monoisotopic (exact) mass is 461 g/mol. The number of nitrogens with zero attached hydrogens (tertiary/aromatic N) is 2. The first-order chi connectivity index (χ1) is 16.6. The lowest BCUT2D eigenvalue weighted by Crippen LogP contribution is -2.43. The zero-order valence-electron chi connectivity index (χ0n) is 19.0. The second kappa shape index (κ2) is 11.2. The summed E-state index contributed by atoms with van der Waals surface area (Å²) in [6.45, 7) is 1.01. The fraction of sp³-hybridized carbons (Fsp3) is 0.269. The first kappa shape index (κ1) is 23.1. The summed E-state index contributed by atoms with van der Waals surface area (Å²) in [4.78, 5) is 31.4. The van der Waals surface area contributed by atoms with Crippen LogP contribution in [0.3, 0.4) is 0 Å². The van der Waals surface area contributed by atoms with Gasteiger partial charge in [-0.3, -0.25) is 9.59 Å². The molecule has 0 aliphatic carbocycles. The number of piperidine rings is 1. The van der Waals surface area contributed by atoms with Gasteiger partial charge in [-0.15, -0.1) is 0 Å². The van der Waals surface area contributed by atoms with Crippen LogP contribution in [-0.4, -0.2) is 48.5 Å². The van der Waals surface area contributed by atoms with Gasteiger partial charge in [-0.25, -0.2) is 4.98 Å². The predicted octanol–water partition coefficient (Wildman–Crippen LogP) is 4.14. The highest BCUT2D eigenvalue weighted by molar-refractivity contribution is 5.93. The van der Waals surface area contributed by atoms with Crippen molar-refractivity contribution in [2.75, 3.05) is 32.1 Å². The molecule has 0 radical (unpaired) electrons. The molecule has 2 amide bonds. The first-order valence-corrected chi connectivity index (χ1v) is 11.2. The van der Waals surface area contributed by atoms with Gasteiger partial charge in [0.2, 0.25) is 11.8 Å². The van der Waals surface area contributed by atoms with Gasteiger partial charge in [0.25, 0.3) is 5.91 Å². The number of ether oxygens (including phenoxy) is 3. The van der Waals surface area contributed by atoms with Crippen LogP contribution in [0.15, 0.2) is 72.9 Å². The summed E-state index contributed by atoms with van der Waals surface area (Å²) >= 11 is 0. The summed E-state index contributed by atoms with van der Waals surface area (Å²) in [7, 11) is 1.60. The normalized spacial score (nSPS) is 13.7. The Morgan fingerprint density at radius 3 is 2.35 bits per heavy atom. The number of benzene rings is 2. The summed E-state index contributed by atoms with van der Waals surface area (Å²) < 4.78 is 16.6. The van der Waals surface area contributed by atoms with Gasteiger partial charge in [0.1, 0.15) is 22.9 Å². The number of hydrogen-bond donors (Lipinski definition) is 1. The number of likely N-dealkylation sites (tertiary alicyclic amines) is 1. The molecule has 0 atom stereocenters. The SMILES string of the molecule is COc1ccc(Oc2ncccc2NC(=O)C2CCN(C(=O)COc3ccccc3)CC2)cc1. The molecule has 1 aromatic heterocycles. The van der Waals surface area contributed by atoms with Crippen molar-refractivity contribution in [2.24, 2.45) is 5.92 Å². The molecule has 0 spiro atoms. The number of rotatable bonds is 8. The molecule has 1 N–H and O–H groups in total. The van der Waals surface area contributed by atoms with E-state index in [2.05, 4.69) is 10.3 Å². The molecule has 0 unspecified atom stereocenters. The molecule has 34 heavy (non-hydrogen) atoms. The predicted molar refractivity (Wildman–Crippen MR) is 127 cm³/mol. The molecule has 0 bridgehead atoms. The summed E-state index contributed by atoms with van der Waals surface area (Å²) in [5, 5.41) is 2.93. The number of carbonyl (C=O) groups excluding carboxylic acids is 2. The number of pyridine rings is 1. The minimum absolute atomic E-state index is 0.0113. The van der Waals surface area contributed by atoms with Gasteiger partial charge >= 0.3 is 0 Å². The highest BCUT2D eigenvalue weighted by atomic mass is 16.5. The van der Waals surface area contributed by atoms with E-state index in [1.807, 2.05) is 30.3 Å². The second-order valence-electron chi connectivity index (χ2n) is 7.88. The third-order valence-electron chi connectivity index (χ3n) is 5.63. The maximum Gasteiger partial charge on any atom is 0.260 e. The van der Waals surface area contributed by atoms with Gasteiger partial charge in [-0.05, 0) is 61.4 Å². The fourth-order valence-corrected chi connectivity index (χ4v) is 3.70. The van der Waals surface area contributed by atoms with E-state index >= 15 is 0 Å². The van der Waals surface area contributed by atoms with Crippen LogP contribution in [0.1, 0.15) is 12.8 Å². The Balaban J connectivity index is 1.29. The second-order valence-corrected chi connectivity index (χ2v) is 7.88. The van der Waals surface area contributed by atoms with Crippen LogP contribution >= 0.6 is 0 Å². The summed E-state index contributed by atoms with van der Waals surface area (Å²) in [5.41, 5.74) is 0.498. The Morgan fingerprint density at radius 1 is 0.941 bits per heavy atom. The van der Waals surface area contributed by atoms with Crippen molar-refractivity contribution in [1.29, 1.82) is 0 Å². The van der Waals surface area contributed by atoms with Gasteiger partial charge in [-0.1, -0.05) is 18.2 Å². The number of methoxy groups -OCH3 is 1. The molecule has 8 nitrogen and oxygen atoms in total. The van der Waals surface area contributed by atoms with Crippen molar-refractivity contribution in [3.05, 3.63) is 72.9 Å². The number of carbonyl (C=O) groups is 2. The van der Waals surface area contributed by atoms with Crippen molar-refractivity contribution in [3.8, 4) is 23.1 Å². The molecular formula is C26H27N3O5. The van der Waals surface area contributed by atoms with Crippen molar-refractivity contribution >= 4 is 17.5 Å². The molecule has 1 aliphatic heterocycles. The average Bonchev–Trinajstić information content (AvgIpc) is 2.89. The van der Waals surface area contributed by atoms with Crippen LogP contribution in [-0.2, 0) is 9.59 Å². The van der Waals surface area contributed by atoms with E-state index < -0.39 is 0 Å². The largest absolute Gasteiger partial charge is 0.497 e. The smallest absolute Gasteiger partial charge is 0.260 e. The van der Waals surface area contributed by atoms with E-state index in [1.54, 1.807) is 54.6 Å². The molecule has 4 rings (SSSR count). The molecule has 1 fully saturated rings.